The average Bonchev–Trinajstić information content (AvgIpc) is 2.92. The molecule has 0 bridgehead atoms. The molecule has 0 aliphatic rings. The Balaban J connectivity index is 2.08. The van der Waals surface area contributed by atoms with Gasteiger partial charge in [-0.25, -0.2) is 12.8 Å². The van der Waals surface area contributed by atoms with Gasteiger partial charge in [-0.1, -0.05) is 67.7 Å². The topological polar surface area (TPSA) is 86.8 Å². The van der Waals surface area contributed by atoms with Crippen LogP contribution in [0.5, 0.6) is 0 Å². The Labute approximate surface area is 251 Å². The van der Waals surface area contributed by atoms with Crippen LogP contribution in [0.1, 0.15) is 38.3 Å². The number of anilines is 1. The molecule has 0 aliphatic heterocycles. The van der Waals surface area contributed by atoms with Crippen LogP contribution >= 0.6 is 23.2 Å². The van der Waals surface area contributed by atoms with Crippen LogP contribution in [0.3, 0.4) is 0 Å². The zero-order chi connectivity index (χ0) is 30.3. The number of carbonyl (C=O) groups is 2. The van der Waals surface area contributed by atoms with Gasteiger partial charge in [-0.15, -0.1) is 0 Å². The van der Waals surface area contributed by atoms with Gasteiger partial charge in [0.2, 0.25) is 11.8 Å². The normalized spacial score (nSPS) is 12.2. The molecule has 0 aromatic heterocycles. The van der Waals surface area contributed by atoms with Gasteiger partial charge in [0.1, 0.15) is 18.4 Å². The minimum Gasteiger partial charge on any atom is -0.354 e. The molecule has 0 radical (unpaired) electrons. The SMILES string of the molecule is CC[C@H](C(=O)NCC(C)C)N(Cc1c(Cl)cccc1Cl)C(=O)CN(c1ccc(F)cc1)S(=O)(=O)c1ccc(C)cc1. The number of benzene rings is 3. The first-order valence-corrected chi connectivity index (χ1v) is 15.4. The van der Waals surface area contributed by atoms with E-state index in [1.54, 1.807) is 37.3 Å². The molecule has 3 aromatic rings. The van der Waals surface area contributed by atoms with Gasteiger partial charge in [0.25, 0.3) is 10.0 Å². The predicted molar refractivity (Wildman–Crippen MR) is 161 cm³/mol. The first-order chi connectivity index (χ1) is 19.3. The van der Waals surface area contributed by atoms with Crippen LogP contribution < -0.4 is 9.62 Å². The molecule has 220 valence electrons. The Bertz CT molecular complexity index is 1450. The number of hydrogen-bond acceptors (Lipinski definition) is 4. The summed E-state index contributed by atoms with van der Waals surface area (Å²) in [6.45, 7) is 7.09. The fraction of sp³-hybridized carbons (Fsp3) is 0.333. The number of nitrogens with one attached hydrogen (secondary N) is 1. The predicted octanol–water partition coefficient (Wildman–Crippen LogP) is 6.22. The molecular weight excluding hydrogens is 588 g/mol. The van der Waals surface area contributed by atoms with Gasteiger partial charge in [0, 0.05) is 28.7 Å². The zero-order valence-corrected chi connectivity index (χ0v) is 25.7. The van der Waals surface area contributed by atoms with E-state index >= 15 is 0 Å². The number of hydrogen-bond donors (Lipinski definition) is 1. The second kappa shape index (κ2) is 14.2. The van der Waals surface area contributed by atoms with Crippen molar-refractivity contribution < 1.29 is 22.4 Å². The molecule has 2 amide bonds. The molecule has 41 heavy (non-hydrogen) atoms. The molecule has 1 atom stereocenters. The third-order valence-corrected chi connectivity index (χ3v) is 8.96. The quantitative estimate of drug-likeness (QED) is 0.260. The third-order valence-electron chi connectivity index (χ3n) is 6.46. The molecule has 0 heterocycles. The van der Waals surface area contributed by atoms with Crippen molar-refractivity contribution in [3.8, 4) is 0 Å². The summed E-state index contributed by atoms with van der Waals surface area (Å²) in [5.74, 6) is -1.43. The van der Waals surface area contributed by atoms with E-state index in [1.165, 1.54) is 29.2 Å². The van der Waals surface area contributed by atoms with Gasteiger partial charge in [-0.3, -0.25) is 13.9 Å². The van der Waals surface area contributed by atoms with E-state index in [-0.39, 0.29) is 35.4 Å². The van der Waals surface area contributed by atoms with Crippen LogP contribution in [0, 0.1) is 18.7 Å². The first-order valence-electron chi connectivity index (χ1n) is 13.2. The number of rotatable bonds is 12. The molecule has 0 saturated heterocycles. The highest BCUT2D eigenvalue weighted by Gasteiger charge is 2.34. The summed E-state index contributed by atoms with van der Waals surface area (Å²) in [6, 6.07) is 15.0. The van der Waals surface area contributed by atoms with Crippen LogP contribution in [0.25, 0.3) is 0 Å². The fourth-order valence-corrected chi connectivity index (χ4v) is 6.10. The lowest BCUT2D eigenvalue weighted by Gasteiger charge is -2.33. The summed E-state index contributed by atoms with van der Waals surface area (Å²) in [6.07, 6.45) is 0.249. The Kier molecular flexibility index (Phi) is 11.2. The Morgan fingerprint density at radius 1 is 0.951 bits per heavy atom. The molecule has 3 rings (SSSR count). The second-order valence-electron chi connectivity index (χ2n) is 10.1. The highest BCUT2D eigenvalue weighted by molar-refractivity contribution is 7.92. The van der Waals surface area contributed by atoms with E-state index < -0.39 is 34.3 Å². The highest BCUT2D eigenvalue weighted by atomic mass is 35.5. The maximum Gasteiger partial charge on any atom is 0.264 e. The molecule has 0 spiro atoms. The number of aryl methyl sites for hydroxylation is 1. The molecule has 0 fully saturated rings. The Morgan fingerprint density at radius 2 is 1.54 bits per heavy atom. The average molecular weight is 623 g/mol. The summed E-state index contributed by atoms with van der Waals surface area (Å²) >= 11 is 12.9. The monoisotopic (exact) mass is 621 g/mol. The molecule has 7 nitrogen and oxygen atoms in total. The zero-order valence-electron chi connectivity index (χ0n) is 23.4. The summed E-state index contributed by atoms with van der Waals surface area (Å²) in [5, 5.41) is 3.47. The van der Waals surface area contributed by atoms with Crippen LogP contribution in [0.4, 0.5) is 10.1 Å². The van der Waals surface area contributed by atoms with Crippen molar-refractivity contribution in [1.82, 2.24) is 10.2 Å². The van der Waals surface area contributed by atoms with Gasteiger partial charge in [-0.05, 0) is 67.8 Å². The lowest BCUT2D eigenvalue weighted by atomic mass is 10.1. The molecule has 11 heteroatoms. The second-order valence-corrected chi connectivity index (χ2v) is 12.8. The number of nitrogens with zero attached hydrogens (tertiary/aromatic N) is 2. The van der Waals surface area contributed by atoms with Gasteiger partial charge < -0.3 is 10.2 Å². The van der Waals surface area contributed by atoms with E-state index in [2.05, 4.69) is 5.32 Å². The van der Waals surface area contributed by atoms with E-state index in [1.807, 2.05) is 20.8 Å². The lowest BCUT2D eigenvalue weighted by Crippen LogP contribution is -2.52. The first kappa shape index (κ1) is 32.4. The molecule has 0 unspecified atom stereocenters. The number of amides is 2. The van der Waals surface area contributed by atoms with Crippen LogP contribution in [0.2, 0.25) is 10.0 Å². The maximum absolute atomic E-state index is 14.1. The van der Waals surface area contributed by atoms with Gasteiger partial charge in [-0.2, -0.15) is 0 Å². The van der Waals surface area contributed by atoms with Crippen molar-refractivity contribution in [3.05, 3.63) is 93.7 Å². The maximum atomic E-state index is 14.1. The number of halogens is 3. The molecule has 0 aliphatic carbocycles. The van der Waals surface area contributed by atoms with Crippen molar-refractivity contribution in [1.29, 1.82) is 0 Å². The van der Waals surface area contributed by atoms with E-state index in [0.717, 1.165) is 22.0 Å². The number of carbonyl (C=O) groups excluding carboxylic acids is 2. The fourth-order valence-electron chi connectivity index (χ4n) is 4.17. The smallest absolute Gasteiger partial charge is 0.264 e. The minimum absolute atomic E-state index is 0.0392. The molecule has 3 aromatic carbocycles. The van der Waals surface area contributed by atoms with Crippen molar-refractivity contribution in [2.45, 2.75) is 51.6 Å². The highest BCUT2D eigenvalue weighted by Crippen LogP contribution is 2.29. The minimum atomic E-state index is -4.26. The summed E-state index contributed by atoms with van der Waals surface area (Å²) in [4.78, 5) is 28.6. The third kappa shape index (κ3) is 8.21. The Morgan fingerprint density at radius 3 is 2.07 bits per heavy atom. The van der Waals surface area contributed by atoms with Crippen LogP contribution in [-0.2, 0) is 26.2 Å². The van der Waals surface area contributed by atoms with E-state index in [0.29, 0.717) is 22.2 Å². The van der Waals surface area contributed by atoms with Crippen molar-refractivity contribution in [2.24, 2.45) is 5.92 Å². The van der Waals surface area contributed by atoms with Crippen LogP contribution in [-0.4, -0.2) is 44.3 Å². The van der Waals surface area contributed by atoms with Crippen LogP contribution in [0.15, 0.2) is 71.6 Å². The summed E-state index contributed by atoms with van der Waals surface area (Å²) in [7, 11) is -4.26. The van der Waals surface area contributed by atoms with Crippen molar-refractivity contribution in [3.63, 3.8) is 0 Å². The van der Waals surface area contributed by atoms with E-state index in [4.69, 9.17) is 23.2 Å². The molecule has 0 saturated carbocycles. The number of sulfonamides is 1. The van der Waals surface area contributed by atoms with Gasteiger partial charge >= 0.3 is 0 Å². The van der Waals surface area contributed by atoms with Gasteiger partial charge in [0.15, 0.2) is 0 Å². The lowest BCUT2D eigenvalue weighted by molar-refractivity contribution is -0.140. The van der Waals surface area contributed by atoms with Crippen molar-refractivity contribution >= 4 is 50.7 Å². The molecule has 1 N–H and O–H groups in total. The van der Waals surface area contributed by atoms with Crippen molar-refractivity contribution in [2.75, 3.05) is 17.4 Å². The van der Waals surface area contributed by atoms with E-state index in [9.17, 15) is 22.4 Å². The molecular formula is C30H34Cl2FN3O4S. The van der Waals surface area contributed by atoms with Gasteiger partial charge in [0.05, 0.1) is 10.6 Å². The standard InChI is InChI=1S/C30H34Cl2FN3O4S/c1-5-28(30(38)34-17-20(2)3)35(18-25-26(31)7-6-8-27(25)32)29(37)19-36(23-13-11-22(33)12-14-23)41(39,40)24-15-9-21(4)10-16-24/h6-16,20,28H,5,17-19H2,1-4H3,(H,34,38)/t28-/m1/s1. The summed E-state index contributed by atoms with van der Waals surface area (Å²) in [5.41, 5.74) is 1.37. The Hall–Kier alpha value is -3.14. The largest absolute Gasteiger partial charge is 0.354 e. The summed E-state index contributed by atoms with van der Waals surface area (Å²) < 4.78 is 42.4.